The monoisotopic (exact) mass is 716 g/mol. The molecule has 0 spiro atoms. The van der Waals surface area contributed by atoms with E-state index < -0.39 is 24.0 Å². The summed E-state index contributed by atoms with van der Waals surface area (Å²) in [6.45, 7) is 1.92. The van der Waals surface area contributed by atoms with Gasteiger partial charge >= 0.3 is 0 Å². The van der Waals surface area contributed by atoms with E-state index in [0.717, 1.165) is 36.4 Å². The second-order valence-corrected chi connectivity index (χ2v) is 13.2. The van der Waals surface area contributed by atoms with Gasteiger partial charge in [-0.25, -0.2) is 9.37 Å². The predicted octanol–water partition coefficient (Wildman–Crippen LogP) is 6.30. The van der Waals surface area contributed by atoms with Crippen LogP contribution in [-0.4, -0.2) is 75.7 Å². The molecule has 250 valence electrons. The molecule has 0 saturated carbocycles. The number of amides is 2. The third kappa shape index (κ3) is 6.33. The number of pyridine rings is 1. The molecule has 4 aliphatic rings. The maximum atomic E-state index is 14.6. The number of alkyl halides is 1. The van der Waals surface area contributed by atoms with Gasteiger partial charge in [-0.1, -0.05) is 25.6 Å². The summed E-state index contributed by atoms with van der Waals surface area (Å²) in [5, 5.41) is 7.89. The lowest BCUT2D eigenvalue weighted by Gasteiger charge is -2.46. The van der Waals surface area contributed by atoms with Gasteiger partial charge in [0, 0.05) is 42.9 Å². The summed E-state index contributed by atoms with van der Waals surface area (Å²) in [5.41, 5.74) is 4.36. The Kier molecular flexibility index (Phi) is 9.37. The molecule has 2 aromatic heterocycles. The molecule has 2 aromatic carbocycles. The number of Topliss-reactive ketones (excluding diaryl/α,β-unsaturated/α-hetero) is 1. The van der Waals surface area contributed by atoms with E-state index in [9.17, 15) is 18.8 Å². The number of benzene rings is 2. The molecule has 2 saturated heterocycles. The van der Waals surface area contributed by atoms with Gasteiger partial charge in [0.1, 0.15) is 40.6 Å². The maximum Gasteiger partial charge on any atom is 0.248 e. The van der Waals surface area contributed by atoms with Crippen LogP contribution in [-0.2, 0) is 16.1 Å². The van der Waals surface area contributed by atoms with Crippen molar-refractivity contribution in [1.82, 2.24) is 19.7 Å². The van der Waals surface area contributed by atoms with Gasteiger partial charge in [-0.2, -0.15) is 5.10 Å². The van der Waals surface area contributed by atoms with Crippen LogP contribution in [0.1, 0.15) is 49.7 Å². The summed E-state index contributed by atoms with van der Waals surface area (Å²) in [7, 11) is 1.66. The molecule has 0 radical (unpaired) electrons. The number of ketones is 1. The van der Waals surface area contributed by atoms with Crippen molar-refractivity contribution in [1.29, 1.82) is 0 Å². The number of hydrogen-bond acceptors (Lipinski definition) is 7. The molecular weight excluding hydrogens is 679 g/mol. The molecule has 4 atom stereocenters. The summed E-state index contributed by atoms with van der Waals surface area (Å²) >= 11 is 3.27. The van der Waals surface area contributed by atoms with Crippen molar-refractivity contribution in [2.45, 2.75) is 58.4 Å². The Balaban J connectivity index is 0.00000401. The number of rotatable bonds is 8. The number of halogens is 2. The first kappa shape index (κ1) is 33.3. The standard InChI is InChI=1S/C35H34BrFN6O4.CH4/c1-20(44)34-28-14-21(27-16-25-8-6-22(27)17-41(25)24-9-11-26(47-2)12-10-24)7-13-29(28)43(40-34)19-33(45)42-18-23(37)15-30(42)35(46)39-32-5-3-4-31(36)38-32;/h3-5,7,9-14,16,22-23,25,30H,6,8,15,17-19H2,1-2H3,(H,38,39,46);1H4/t22-,23+,25-,30-;/m0./s1. The molecule has 2 fully saturated rings. The lowest BCUT2D eigenvalue weighted by Crippen LogP contribution is -2.46. The number of carbonyl (C=O) groups excluding carboxylic acids is 3. The average molecular weight is 718 g/mol. The third-order valence-corrected chi connectivity index (χ3v) is 9.83. The summed E-state index contributed by atoms with van der Waals surface area (Å²) in [5.74, 6) is 0.276. The van der Waals surface area contributed by atoms with Gasteiger partial charge in [-0.15, -0.1) is 0 Å². The molecule has 3 aliphatic heterocycles. The molecule has 48 heavy (non-hydrogen) atoms. The first-order valence-electron chi connectivity index (χ1n) is 15.7. The normalized spacial score (nSPS) is 21.5. The number of methoxy groups -OCH3 is 1. The Morgan fingerprint density at radius 3 is 2.54 bits per heavy atom. The van der Waals surface area contributed by atoms with Gasteiger partial charge in [0.05, 0.1) is 19.2 Å². The minimum absolute atomic E-state index is 0. The van der Waals surface area contributed by atoms with Gasteiger partial charge in [-0.3, -0.25) is 19.1 Å². The third-order valence-electron chi connectivity index (χ3n) is 9.39. The van der Waals surface area contributed by atoms with E-state index in [1.54, 1.807) is 25.3 Å². The van der Waals surface area contributed by atoms with Gasteiger partial charge in [0.15, 0.2) is 5.78 Å². The first-order valence-corrected chi connectivity index (χ1v) is 16.5. The predicted molar refractivity (Wildman–Crippen MR) is 187 cm³/mol. The summed E-state index contributed by atoms with van der Waals surface area (Å²) < 4.78 is 22.0. The fourth-order valence-electron chi connectivity index (χ4n) is 7.12. The van der Waals surface area contributed by atoms with Crippen LogP contribution in [0.25, 0.3) is 16.5 Å². The van der Waals surface area contributed by atoms with Gasteiger partial charge in [0.2, 0.25) is 11.8 Å². The van der Waals surface area contributed by atoms with E-state index in [-0.39, 0.29) is 44.5 Å². The minimum Gasteiger partial charge on any atom is -0.497 e. The molecule has 5 heterocycles. The highest BCUT2D eigenvalue weighted by Gasteiger charge is 2.40. The number of hydrogen-bond donors (Lipinski definition) is 1. The van der Waals surface area contributed by atoms with Crippen LogP contribution in [0.15, 0.2) is 71.3 Å². The number of ether oxygens (including phenoxy) is 1. The van der Waals surface area contributed by atoms with Crippen LogP contribution in [0, 0.1) is 5.92 Å². The van der Waals surface area contributed by atoms with E-state index in [4.69, 9.17) is 4.74 Å². The highest BCUT2D eigenvalue weighted by atomic mass is 79.9. The average Bonchev–Trinajstić information content (AvgIpc) is 3.65. The molecule has 4 aromatic rings. The minimum atomic E-state index is -1.34. The highest BCUT2D eigenvalue weighted by Crippen LogP contribution is 2.42. The second kappa shape index (κ2) is 13.5. The number of likely N-dealkylation sites (tertiary alicyclic amines) is 1. The number of nitrogens with one attached hydrogen (secondary N) is 1. The zero-order valence-electron chi connectivity index (χ0n) is 26.0. The van der Waals surface area contributed by atoms with E-state index >= 15 is 0 Å². The van der Waals surface area contributed by atoms with E-state index in [1.165, 1.54) is 22.1 Å². The second-order valence-electron chi connectivity index (χ2n) is 12.3. The van der Waals surface area contributed by atoms with Crippen LogP contribution >= 0.6 is 15.9 Å². The van der Waals surface area contributed by atoms with Gasteiger partial charge in [-0.05, 0) is 88.4 Å². The largest absolute Gasteiger partial charge is 0.497 e. The zero-order valence-corrected chi connectivity index (χ0v) is 27.6. The zero-order chi connectivity index (χ0) is 32.8. The lowest BCUT2D eigenvalue weighted by atomic mass is 9.76. The number of carbonyl (C=O) groups is 3. The van der Waals surface area contributed by atoms with Crippen molar-refractivity contribution in [2.75, 3.05) is 30.4 Å². The molecule has 1 aliphatic carbocycles. The smallest absolute Gasteiger partial charge is 0.248 e. The van der Waals surface area contributed by atoms with Crippen molar-refractivity contribution in [3.63, 3.8) is 0 Å². The highest BCUT2D eigenvalue weighted by molar-refractivity contribution is 9.10. The maximum absolute atomic E-state index is 14.6. The Morgan fingerprint density at radius 1 is 1.06 bits per heavy atom. The molecule has 10 nitrogen and oxygen atoms in total. The van der Waals surface area contributed by atoms with E-state index in [2.05, 4.69) is 54.4 Å². The number of piperidine rings is 1. The Hall–Kier alpha value is -4.58. The Labute approximate surface area is 287 Å². The summed E-state index contributed by atoms with van der Waals surface area (Å²) in [6.07, 6.45) is 3.03. The Morgan fingerprint density at radius 2 is 1.85 bits per heavy atom. The van der Waals surface area contributed by atoms with E-state index in [1.807, 2.05) is 30.3 Å². The Bertz CT molecular complexity index is 1910. The topological polar surface area (TPSA) is 110 Å². The molecule has 2 amide bonds. The van der Waals surface area contributed by atoms with Crippen LogP contribution < -0.4 is 15.0 Å². The molecule has 8 rings (SSSR count). The van der Waals surface area contributed by atoms with Crippen molar-refractivity contribution < 1.29 is 23.5 Å². The van der Waals surface area contributed by atoms with Gasteiger partial charge in [0.25, 0.3) is 0 Å². The van der Waals surface area contributed by atoms with Crippen molar-refractivity contribution in [2.24, 2.45) is 5.92 Å². The molecule has 0 unspecified atom stereocenters. The van der Waals surface area contributed by atoms with Crippen LogP contribution in [0.5, 0.6) is 5.75 Å². The van der Waals surface area contributed by atoms with Crippen LogP contribution in [0.3, 0.4) is 0 Å². The van der Waals surface area contributed by atoms with Gasteiger partial charge < -0.3 is 19.9 Å². The van der Waals surface area contributed by atoms with Crippen molar-refractivity contribution in [3.05, 3.63) is 82.6 Å². The summed E-state index contributed by atoms with van der Waals surface area (Å²) in [6, 6.07) is 18.4. The SMILES string of the molecule is C.COc1ccc(N2C[C@@H]3CC[C@H]2C=C3c2ccc3c(c2)c(C(C)=O)nn3CC(=O)N2C[C@H](F)C[C@H]2C(=O)Nc2cccc(Br)n2)cc1. The van der Waals surface area contributed by atoms with Crippen LogP contribution in [0.2, 0.25) is 0 Å². The molecule has 12 heteroatoms. The van der Waals surface area contributed by atoms with Crippen molar-refractivity contribution >= 4 is 61.5 Å². The fraction of sp³-hybridized carbons (Fsp3) is 0.361. The van der Waals surface area contributed by atoms with E-state index in [0.29, 0.717) is 27.2 Å². The first-order chi connectivity index (χ1) is 22.7. The summed E-state index contributed by atoms with van der Waals surface area (Å²) in [4.78, 5) is 47.3. The number of aromatic nitrogens is 3. The van der Waals surface area contributed by atoms with Crippen LogP contribution in [0.4, 0.5) is 15.9 Å². The lowest BCUT2D eigenvalue weighted by molar-refractivity contribution is -0.137. The number of fused-ring (bicyclic) bond motifs is 3. The number of nitrogens with zero attached hydrogens (tertiary/aromatic N) is 5. The van der Waals surface area contributed by atoms with Crippen molar-refractivity contribution in [3.8, 4) is 5.75 Å². The molecular formula is C36H38BrFN6O4. The molecule has 2 bridgehead atoms. The quantitative estimate of drug-likeness (QED) is 0.168. The number of anilines is 2. The molecule has 1 N–H and O–H groups in total. The fourth-order valence-corrected chi connectivity index (χ4v) is 7.46.